The van der Waals surface area contributed by atoms with Gasteiger partial charge < -0.3 is 15.2 Å². The molecular weight excluding hydrogens is 347 g/mol. The normalized spacial score (nSPS) is 10.1. The Morgan fingerprint density at radius 2 is 1.74 bits per heavy atom. The highest BCUT2D eigenvalue weighted by atomic mass is 19.1. The third kappa shape index (κ3) is 4.58. The van der Waals surface area contributed by atoms with Gasteiger partial charge in [-0.2, -0.15) is 5.26 Å². The molecule has 0 saturated carbocycles. The van der Waals surface area contributed by atoms with Crippen molar-refractivity contribution in [3.8, 4) is 6.07 Å². The topological polar surface area (TPSA) is 86.9 Å². The molecule has 0 saturated heterocycles. The summed E-state index contributed by atoms with van der Waals surface area (Å²) < 4.78 is 14.4. The Hall–Kier alpha value is -3.92. The van der Waals surface area contributed by atoms with Gasteiger partial charge in [0.1, 0.15) is 11.5 Å². The lowest BCUT2D eigenvalue weighted by Crippen LogP contribution is -2.28. The Labute approximate surface area is 154 Å². The molecule has 2 N–H and O–H groups in total. The van der Waals surface area contributed by atoms with Gasteiger partial charge in [-0.25, -0.2) is 9.18 Å². The van der Waals surface area contributed by atoms with Crippen molar-refractivity contribution in [3.05, 3.63) is 94.2 Å². The average molecular weight is 362 g/mol. The highest BCUT2D eigenvalue weighted by molar-refractivity contribution is 5.99. The first-order valence-electron chi connectivity index (χ1n) is 8.07. The van der Waals surface area contributed by atoms with E-state index in [-0.39, 0.29) is 23.6 Å². The number of rotatable bonds is 4. The van der Waals surface area contributed by atoms with Crippen molar-refractivity contribution in [1.29, 1.82) is 5.26 Å². The predicted octanol–water partition coefficient (Wildman–Crippen LogP) is 3.55. The van der Waals surface area contributed by atoms with Crippen LogP contribution in [0.25, 0.3) is 0 Å². The first-order valence-corrected chi connectivity index (χ1v) is 8.07. The summed E-state index contributed by atoms with van der Waals surface area (Å²) in [6, 6.07) is 16.7. The summed E-state index contributed by atoms with van der Waals surface area (Å²) >= 11 is 0. The molecule has 0 bridgehead atoms. The molecule has 0 aliphatic heterocycles. The Morgan fingerprint density at radius 3 is 2.41 bits per heavy atom. The third-order valence-electron chi connectivity index (χ3n) is 3.81. The van der Waals surface area contributed by atoms with Crippen molar-refractivity contribution in [2.24, 2.45) is 0 Å². The minimum Gasteiger partial charge on any atom is -0.309 e. The van der Waals surface area contributed by atoms with E-state index in [4.69, 9.17) is 5.26 Å². The number of urea groups is 1. The number of amides is 2. The van der Waals surface area contributed by atoms with Crippen LogP contribution in [0.4, 0.5) is 20.6 Å². The molecule has 134 valence electrons. The maximum Gasteiger partial charge on any atom is 0.323 e. The number of anilines is 2. The molecule has 27 heavy (non-hydrogen) atoms. The lowest BCUT2D eigenvalue weighted by atomic mass is 10.2. The number of carbonyl (C=O) groups is 1. The molecule has 3 rings (SSSR count). The summed E-state index contributed by atoms with van der Waals surface area (Å²) in [5, 5.41) is 13.9. The van der Waals surface area contributed by atoms with Crippen LogP contribution < -0.4 is 16.2 Å². The zero-order valence-electron chi connectivity index (χ0n) is 14.1. The molecule has 7 heteroatoms. The minimum atomic E-state index is -0.573. The largest absolute Gasteiger partial charge is 0.323 e. The van der Waals surface area contributed by atoms with Crippen LogP contribution in [0.1, 0.15) is 11.1 Å². The summed E-state index contributed by atoms with van der Waals surface area (Å²) in [6.45, 7) is 0.256. The van der Waals surface area contributed by atoms with E-state index < -0.39 is 6.03 Å². The molecule has 1 heterocycles. The van der Waals surface area contributed by atoms with Crippen molar-refractivity contribution >= 4 is 17.4 Å². The molecular formula is C20H15FN4O2. The summed E-state index contributed by atoms with van der Waals surface area (Å²) in [7, 11) is 0. The van der Waals surface area contributed by atoms with Crippen LogP contribution in [0.15, 0.2) is 71.7 Å². The van der Waals surface area contributed by atoms with E-state index in [0.29, 0.717) is 11.3 Å². The number of aromatic nitrogens is 1. The van der Waals surface area contributed by atoms with Crippen molar-refractivity contribution < 1.29 is 9.18 Å². The fraction of sp³-hybridized carbons (Fsp3) is 0.0500. The van der Waals surface area contributed by atoms with Gasteiger partial charge in [0, 0.05) is 11.9 Å². The Morgan fingerprint density at radius 1 is 1.04 bits per heavy atom. The molecule has 0 aliphatic carbocycles. The quantitative estimate of drug-likeness (QED) is 0.744. The van der Waals surface area contributed by atoms with E-state index in [1.807, 2.05) is 6.07 Å². The molecule has 6 nitrogen and oxygen atoms in total. The van der Waals surface area contributed by atoms with Gasteiger partial charge in [-0.3, -0.25) is 4.79 Å². The number of pyridine rings is 1. The monoisotopic (exact) mass is 362 g/mol. The molecule has 0 atom stereocenters. The number of nitrogens with zero attached hydrogens (tertiary/aromatic N) is 2. The van der Waals surface area contributed by atoms with Gasteiger partial charge in [-0.1, -0.05) is 12.1 Å². The standard InChI is InChI=1S/C20H15FN4O2/c21-16-7-3-15(4-8-16)13-25-11-1-2-18(19(25)26)24-20(27)23-17-9-5-14(12-22)6-10-17/h1-11H,13H2,(H2,23,24,27). The number of hydrogen-bond acceptors (Lipinski definition) is 3. The molecule has 0 fully saturated rings. The SMILES string of the molecule is N#Cc1ccc(NC(=O)Nc2cccn(Cc3ccc(F)cc3)c2=O)cc1. The van der Waals surface area contributed by atoms with E-state index in [1.165, 1.54) is 22.8 Å². The van der Waals surface area contributed by atoms with Crippen LogP contribution in [0.5, 0.6) is 0 Å². The van der Waals surface area contributed by atoms with E-state index in [9.17, 15) is 14.0 Å². The molecule has 2 aromatic carbocycles. The van der Waals surface area contributed by atoms with Crippen molar-refractivity contribution in [1.82, 2.24) is 4.57 Å². The summed E-state index contributed by atoms with van der Waals surface area (Å²) in [5.74, 6) is -0.346. The van der Waals surface area contributed by atoms with Gasteiger partial charge in [0.25, 0.3) is 5.56 Å². The fourth-order valence-corrected chi connectivity index (χ4v) is 2.46. The molecule has 1 aromatic heterocycles. The van der Waals surface area contributed by atoms with Gasteiger partial charge >= 0.3 is 6.03 Å². The second-order valence-electron chi connectivity index (χ2n) is 5.75. The highest BCUT2D eigenvalue weighted by Gasteiger charge is 2.08. The predicted molar refractivity (Wildman–Crippen MR) is 100 cm³/mol. The van der Waals surface area contributed by atoms with E-state index in [2.05, 4.69) is 10.6 Å². The lowest BCUT2D eigenvalue weighted by molar-refractivity contribution is 0.262. The second kappa shape index (κ2) is 7.97. The lowest BCUT2D eigenvalue weighted by Gasteiger charge is -2.10. The smallest absolute Gasteiger partial charge is 0.309 e. The zero-order valence-corrected chi connectivity index (χ0v) is 14.1. The molecule has 0 spiro atoms. The van der Waals surface area contributed by atoms with Crippen LogP contribution in [-0.4, -0.2) is 10.6 Å². The molecule has 0 radical (unpaired) electrons. The summed E-state index contributed by atoms with van der Waals surface area (Å²) in [4.78, 5) is 24.6. The number of nitrogens with one attached hydrogen (secondary N) is 2. The first-order chi connectivity index (χ1) is 13.0. The molecule has 0 unspecified atom stereocenters. The zero-order chi connectivity index (χ0) is 19.2. The number of hydrogen-bond donors (Lipinski definition) is 2. The van der Waals surface area contributed by atoms with Gasteiger partial charge in [0.15, 0.2) is 0 Å². The fourth-order valence-electron chi connectivity index (χ4n) is 2.46. The van der Waals surface area contributed by atoms with Gasteiger partial charge in [-0.15, -0.1) is 0 Å². The number of nitriles is 1. The molecule has 3 aromatic rings. The van der Waals surface area contributed by atoms with Gasteiger partial charge in [0.2, 0.25) is 0 Å². The van der Waals surface area contributed by atoms with Crippen molar-refractivity contribution in [3.63, 3.8) is 0 Å². The Balaban J connectivity index is 1.71. The van der Waals surface area contributed by atoms with Crippen molar-refractivity contribution in [2.45, 2.75) is 6.54 Å². The van der Waals surface area contributed by atoms with Crippen LogP contribution in [-0.2, 0) is 6.54 Å². The number of halogens is 1. The number of carbonyl (C=O) groups excluding carboxylic acids is 1. The molecule has 2 amide bonds. The van der Waals surface area contributed by atoms with Gasteiger partial charge in [-0.05, 0) is 54.1 Å². The van der Waals surface area contributed by atoms with E-state index >= 15 is 0 Å². The Kier molecular flexibility index (Phi) is 5.28. The van der Waals surface area contributed by atoms with Gasteiger partial charge in [0.05, 0.1) is 18.2 Å². The molecule has 0 aliphatic rings. The third-order valence-corrected chi connectivity index (χ3v) is 3.81. The van der Waals surface area contributed by atoms with Crippen LogP contribution in [0.3, 0.4) is 0 Å². The maximum absolute atomic E-state index is 13.0. The summed E-state index contributed by atoms with van der Waals surface area (Å²) in [6.07, 6.45) is 1.59. The Bertz CT molecular complexity index is 1050. The number of benzene rings is 2. The second-order valence-corrected chi connectivity index (χ2v) is 5.75. The van der Waals surface area contributed by atoms with Crippen LogP contribution in [0, 0.1) is 17.1 Å². The first kappa shape index (κ1) is 17.9. The maximum atomic E-state index is 13.0. The van der Waals surface area contributed by atoms with Crippen LogP contribution in [0.2, 0.25) is 0 Å². The average Bonchev–Trinajstić information content (AvgIpc) is 2.67. The highest BCUT2D eigenvalue weighted by Crippen LogP contribution is 2.10. The van der Waals surface area contributed by atoms with E-state index in [1.54, 1.807) is 48.7 Å². The van der Waals surface area contributed by atoms with Crippen LogP contribution >= 0.6 is 0 Å². The summed E-state index contributed by atoms with van der Waals surface area (Å²) in [5.41, 5.74) is 1.47. The van der Waals surface area contributed by atoms with E-state index in [0.717, 1.165) is 5.56 Å². The van der Waals surface area contributed by atoms with Crippen molar-refractivity contribution in [2.75, 3.05) is 10.6 Å². The minimum absolute atomic E-state index is 0.116.